The molecule has 1 aromatic heterocycles. The minimum atomic E-state index is 0.00446. The van der Waals surface area contributed by atoms with Crippen LogP contribution in [0.4, 0.5) is 5.69 Å². The maximum atomic E-state index is 12.6. The first-order chi connectivity index (χ1) is 12.5. The van der Waals surface area contributed by atoms with Gasteiger partial charge in [0.2, 0.25) is 11.8 Å². The average Bonchev–Trinajstić information content (AvgIpc) is 3.20. The zero-order valence-corrected chi connectivity index (χ0v) is 15.3. The number of nitrogens with one attached hydrogen (secondary N) is 2. The molecule has 1 amide bonds. The summed E-state index contributed by atoms with van der Waals surface area (Å²) in [6.45, 7) is 6.13. The fourth-order valence-electron chi connectivity index (χ4n) is 3.82. The summed E-state index contributed by atoms with van der Waals surface area (Å²) >= 11 is 0. The fourth-order valence-corrected chi connectivity index (χ4v) is 3.82. The number of aryl methyl sites for hydroxylation is 2. The third kappa shape index (κ3) is 3.39. The van der Waals surface area contributed by atoms with Crippen molar-refractivity contribution in [3.63, 3.8) is 0 Å². The number of nitrogens with zero attached hydrogens (tertiary/aromatic N) is 1. The molecule has 1 aromatic carbocycles. The first-order valence-electron chi connectivity index (χ1n) is 9.23. The second-order valence-corrected chi connectivity index (χ2v) is 7.40. The van der Waals surface area contributed by atoms with Gasteiger partial charge in [-0.15, -0.1) is 0 Å². The lowest BCUT2D eigenvalue weighted by molar-refractivity contribution is -0.119. The highest BCUT2D eigenvalue weighted by Crippen LogP contribution is 2.33. The second-order valence-electron chi connectivity index (χ2n) is 7.40. The molecule has 0 radical (unpaired) electrons. The molecule has 6 nitrogen and oxygen atoms in total. The van der Waals surface area contributed by atoms with Gasteiger partial charge in [-0.25, -0.2) is 4.98 Å². The molecule has 4 rings (SSSR count). The number of anilines is 1. The molecular weight excluding hydrogens is 330 g/mol. The molecule has 2 aromatic rings. The highest BCUT2D eigenvalue weighted by Gasteiger charge is 2.42. The number of ether oxygens (including phenoxy) is 1. The predicted octanol–water partition coefficient (Wildman–Crippen LogP) is 3.06. The summed E-state index contributed by atoms with van der Waals surface area (Å²) < 4.78 is 11.1. The molecule has 2 aliphatic rings. The Hall–Kier alpha value is -2.18. The van der Waals surface area contributed by atoms with E-state index in [0.717, 1.165) is 61.7 Å². The van der Waals surface area contributed by atoms with E-state index >= 15 is 0 Å². The molecule has 1 atom stereocenters. The number of hydrogen-bond donors (Lipinski definition) is 2. The van der Waals surface area contributed by atoms with Gasteiger partial charge in [0.05, 0.1) is 11.6 Å². The molecule has 2 saturated heterocycles. The first-order valence-corrected chi connectivity index (χ1v) is 9.23. The number of rotatable bonds is 3. The van der Waals surface area contributed by atoms with E-state index in [0.29, 0.717) is 5.89 Å². The molecule has 6 heteroatoms. The molecule has 2 aliphatic heterocycles. The maximum absolute atomic E-state index is 12.6. The van der Waals surface area contributed by atoms with E-state index in [9.17, 15) is 4.79 Å². The Balaban J connectivity index is 1.39. The molecule has 2 N–H and O–H groups in total. The van der Waals surface area contributed by atoms with E-state index in [1.165, 1.54) is 0 Å². The van der Waals surface area contributed by atoms with Crippen molar-refractivity contribution in [3.8, 4) is 11.5 Å². The summed E-state index contributed by atoms with van der Waals surface area (Å²) in [5.74, 6) is 1.52. The van der Waals surface area contributed by atoms with Crippen LogP contribution in [0.5, 0.6) is 0 Å². The molecule has 26 heavy (non-hydrogen) atoms. The van der Waals surface area contributed by atoms with Crippen molar-refractivity contribution in [1.29, 1.82) is 0 Å². The van der Waals surface area contributed by atoms with E-state index in [1.54, 1.807) is 0 Å². The molecule has 1 spiro atoms. The maximum Gasteiger partial charge on any atom is 0.228 e. The molecular formula is C20H25N3O3. The van der Waals surface area contributed by atoms with E-state index in [4.69, 9.17) is 9.15 Å². The van der Waals surface area contributed by atoms with Crippen LogP contribution in [0.3, 0.4) is 0 Å². The molecule has 0 aliphatic carbocycles. The van der Waals surface area contributed by atoms with Crippen LogP contribution in [-0.4, -0.2) is 36.2 Å². The summed E-state index contributed by atoms with van der Waals surface area (Å²) in [6.07, 6.45) is 2.86. The van der Waals surface area contributed by atoms with Crippen molar-refractivity contribution in [3.05, 3.63) is 35.7 Å². The van der Waals surface area contributed by atoms with Crippen molar-refractivity contribution in [2.45, 2.75) is 38.6 Å². The summed E-state index contributed by atoms with van der Waals surface area (Å²) in [6, 6.07) is 7.64. The lowest BCUT2D eigenvalue weighted by Crippen LogP contribution is -2.44. The summed E-state index contributed by atoms with van der Waals surface area (Å²) in [7, 11) is 0. The van der Waals surface area contributed by atoms with Gasteiger partial charge in [0.25, 0.3) is 0 Å². The van der Waals surface area contributed by atoms with Crippen molar-refractivity contribution in [1.82, 2.24) is 10.3 Å². The van der Waals surface area contributed by atoms with Crippen LogP contribution >= 0.6 is 0 Å². The minimum absolute atomic E-state index is 0.00446. The molecule has 138 valence electrons. The van der Waals surface area contributed by atoms with E-state index in [-0.39, 0.29) is 17.4 Å². The van der Waals surface area contributed by atoms with Gasteiger partial charge in [0.1, 0.15) is 5.76 Å². The van der Waals surface area contributed by atoms with Crippen LogP contribution in [-0.2, 0) is 9.53 Å². The Labute approximate surface area is 153 Å². The van der Waals surface area contributed by atoms with Crippen LogP contribution in [0, 0.1) is 19.8 Å². The van der Waals surface area contributed by atoms with E-state index in [1.807, 2.05) is 38.1 Å². The van der Waals surface area contributed by atoms with E-state index < -0.39 is 0 Å². The van der Waals surface area contributed by atoms with Crippen LogP contribution in [0.15, 0.2) is 28.7 Å². The number of aromatic nitrogens is 1. The van der Waals surface area contributed by atoms with Crippen molar-refractivity contribution < 1.29 is 13.9 Å². The van der Waals surface area contributed by atoms with Crippen LogP contribution in [0.1, 0.15) is 30.7 Å². The van der Waals surface area contributed by atoms with Crippen molar-refractivity contribution in [2.24, 2.45) is 5.92 Å². The minimum Gasteiger partial charge on any atom is -0.441 e. The van der Waals surface area contributed by atoms with Crippen molar-refractivity contribution >= 4 is 11.6 Å². The zero-order chi connectivity index (χ0) is 18.1. The largest absolute Gasteiger partial charge is 0.441 e. The lowest BCUT2D eigenvalue weighted by Gasteiger charge is -2.33. The highest BCUT2D eigenvalue weighted by molar-refractivity contribution is 5.93. The number of hydrogen-bond acceptors (Lipinski definition) is 5. The number of carbonyl (C=O) groups excluding carboxylic acids is 1. The van der Waals surface area contributed by atoms with Gasteiger partial charge in [-0.05, 0) is 57.4 Å². The standard InChI is InChI=1S/C20H25N3O3/c1-13-14(2)26-19(22-13)15-3-5-17(6-4-15)23-18(24)16-11-20(21-12-16)7-9-25-10-8-20/h3-6,16,21H,7-12H2,1-2H3,(H,23,24). The highest BCUT2D eigenvalue weighted by atomic mass is 16.5. The number of benzene rings is 1. The quantitative estimate of drug-likeness (QED) is 0.885. The molecule has 0 bridgehead atoms. The van der Waals surface area contributed by atoms with Crippen LogP contribution in [0.2, 0.25) is 0 Å². The average molecular weight is 355 g/mol. The van der Waals surface area contributed by atoms with Gasteiger partial charge in [0, 0.05) is 36.5 Å². The Kier molecular flexibility index (Phi) is 4.54. The van der Waals surface area contributed by atoms with Gasteiger partial charge >= 0.3 is 0 Å². The topological polar surface area (TPSA) is 76.4 Å². The molecule has 2 fully saturated rings. The Morgan fingerprint density at radius 2 is 1.96 bits per heavy atom. The predicted molar refractivity (Wildman–Crippen MR) is 98.9 cm³/mol. The molecule has 0 saturated carbocycles. The SMILES string of the molecule is Cc1nc(-c2ccc(NC(=O)C3CNC4(CCOCC4)C3)cc2)oc1C. The second kappa shape index (κ2) is 6.85. The summed E-state index contributed by atoms with van der Waals surface area (Å²) in [5.41, 5.74) is 2.69. The number of oxazole rings is 1. The van der Waals surface area contributed by atoms with E-state index in [2.05, 4.69) is 15.6 Å². The van der Waals surface area contributed by atoms with Gasteiger partial charge in [0.15, 0.2) is 0 Å². The van der Waals surface area contributed by atoms with Gasteiger partial charge in [-0.3, -0.25) is 4.79 Å². The number of amides is 1. The smallest absolute Gasteiger partial charge is 0.228 e. The van der Waals surface area contributed by atoms with Crippen LogP contribution < -0.4 is 10.6 Å². The zero-order valence-electron chi connectivity index (χ0n) is 15.3. The lowest BCUT2D eigenvalue weighted by atomic mass is 9.85. The molecule has 3 heterocycles. The number of carbonyl (C=O) groups is 1. The third-order valence-electron chi connectivity index (χ3n) is 5.61. The van der Waals surface area contributed by atoms with Gasteiger partial charge < -0.3 is 19.8 Å². The van der Waals surface area contributed by atoms with Crippen molar-refractivity contribution in [2.75, 3.05) is 25.1 Å². The summed E-state index contributed by atoms with van der Waals surface area (Å²) in [5, 5.41) is 6.61. The van der Waals surface area contributed by atoms with Gasteiger partial charge in [-0.2, -0.15) is 0 Å². The summed E-state index contributed by atoms with van der Waals surface area (Å²) in [4.78, 5) is 17.0. The fraction of sp³-hybridized carbons (Fsp3) is 0.500. The Morgan fingerprint density at radius 1 is 1.23 bits per heavy atom. The monoisotopic (exact) mass is 355 g/mol. The Morgan fingerprint density at radius 3 is 2.62 bits per heavy atom. The normalized spacial score (nSPS) is 21.8. The third-order valence-corrected chi connectivity index (χ3v) is 5.61. The first kappa shape index (κ1) is 17.2. The molecule has 1 unspecified atom stereocenters. The van der Waals surface area contributed by atoms with Crippen LogP contribution in [0.25, 0.3) is 11.5 Å². The van der Waals surface area contributed by atoms with Gasteiger partial charge in [-0.1, -0.05) is 0 Å². The Bertz CT molecular complexity index is 772.